The summed E-state index contributed by atoms with van der Waals surface area (Å²) < 4.78 is 31.5. The van der Waals surface area contributed by atoms with Gasteiger partial charge in [0.1, 0.15) is 5.75 Å². The van der Waals surface area contributed by atoms with Gasteiger partial charge < -0.3 is 10.5 Å². The topological polar surface area (TPSA) is 35.2 Å². The number of para-hydroxylation sites is 1. The van der Waals surface area contributed by atoms with Gasteiger partial charge in [0.15, 0.2) is 0 Å². The number of anilines is 1. The molecule has 0 heterocycles. The third-order valence-electron chi connectivity index (χ3n) is 3.26. The number of rotatable bonds is 3. The highest BCUT2D eigenvalue weighted by Gasteiger charge is 2.39. The highest BCUT2D eigenvalue weighted by Crippen LogP contribution is 2.39. The number of nitrogen functional groups attached to an aromatic ring is 1. The lowest BCUT2D eigenvalue weighted by molar-refractivity contribution is 0.00294. The Kier molecular flexibility index (Phi) is 3.22. The van der Waals surface area contributed by atoms with Crippen LogP contribution in [0.1, 0.15) is 24.8 Å². The summed E-state index contributed by atoms with van der Waals surface area (Å²) in [6, 6.07) is 5.52. The van der Waals surface area contributed by atoms with Gasteiger partial charge in [0.05, 0.1) is 12.3 Å². The van der Waals surface area contributed by atoms with Gasteiger partial charge in [-0.1, -0.05) is 12.1 Å². The van der Waals surface area contributed by atoms with E-state index in [2.05, 4.69) is 0 Å². The first-order valence-corrected chi connectivity index (χ1v) is 5.84. The van der Waals surface area contributed by atoms with Crippen molar-refractivity contribution in [1.29, 1.82) is 0 Å². The summed E-state index contributed by atoms with van der Waals surface area (Å²) in [6.45, 7) is 2.22. The Labute approximate surface area is 99.8 Å². The number of alkyl halides is 2. The summed E-state index contributed by atoms with van der Waals surface area (Å²) in [5.41, 5.74) is 7.39. The molecule has 1 fully saturated rings. The molecule has 94 valence electrons. The van der Waals surface area contributed by atoms with Gasteiger partial charge in [0, 0.05) is 12.8 Å². The van der Waals surface area contributed by atoms with Crippen molar-refractivity contribution in [2.75, 3.05) is 12.3 Å². The zero-order chi connectivity index (χ0) is 12.5. The minimum atomic E-state index is -2.51. The van der Waals surface area contributed by atoms with Crippen molar-refractivity contribution in [3.8, 4) is 5.75 Å². The van der Waals surface area contributed by atoms with E-state index in [1.165, 1.54) is 0 Å². The molecule has 2 nitrogen and oxygen atoms in total. The van der Waals surface area contributed by atoms with Gasteiger partial charge in [-0.15, -0.1) is 0 Å². The molecule has 0 bridgehead atoms. The van der Waals surface area contributed by atoms with Crippen molar-refractivity contribution in [1.82, 2.24) is 0 Å². The highest BCUT2D eigenvalue weighted by atomic mass is 19.3. The molecule has 0 radical (unpaired) electrons. The van der Waals surface area contributed by atoms with E-state index in [1.54, 1.807) is 6.07 Å². The number of hydrogen-bond donors (Lipinski definition) is 1. The van der Waals surface area contributed by atoms with Crippen LogP contribution in [0.25, 0.3) is 0 Å². The maximum atomic E-state index is 13.0. The van der Waals surface area contributed by atoms with Crippen molar-refractivity contribution < 1.29 is 13.5 Å². The first-order chi connectivity index (χ1) is 7.98. The third-order valence-corrected chi connectivity index (χ3v) is 3.26. The highest BCUT2D eigenvalue weighted by molar-refractivity contribution is 5.57. The summed E-state index contributed by atoms with van der Waals surface area (Å²) in [7, 11) is 0. The zero-order valence-electron chi connectivity index (χ0n) is 9.88. The standard InChI is InChI=1S/C13H17F2NO/c1-9-3-2-4-11(12(9)16)17-8-10-5-6-13(14,15)7-10/h2-4,10H,5-8,16H2,1H3. The van der Waals surface area contributed by atoms with Gasteiger partial charge >= 0.3 is 0 Å². The minimum absolute atomic E-state index is 0.0235. The fourth-order valence-electron chi connectivity index (χ4n) is 2.17. The van der Waals surface area contributed by atoms with Gasteiger partial charge in [-0.3, -0.25) is 0 Å². The second-order valence-corrected chi connectivity index (χ2v) is 4.76. The summed E-state index contributed by atoms with van der Waals surface area (Å²) >= 11 is 0. The number of ether oxygens (including phenoxy) is 1. The lowest BCUT2D eigenvalue weighted by Crippen LogP contribution is -2.14. The molecule has 4 heteroatoms. The number of nitrogens with two attached hydrogens (primary N) is 1. The molecule has 0 amide bonds. The van der Waals surface area contributed by atoms with Crippen LogP contribution >= 0.6 is 0 Å². The smallest absolute Gasteiger partial charge is 0.248 e. The molecule has 1 aromatic carbocycles. The predicted octanol–water partition coefficient (Wildman–Crippen LogP) is 3.39. The van der Waals surface area contributed by atoms with E-state index in [9.17, 15) is 8.78 Å². The summed E-state index contributed by atoms with van der Waals surface area (Å²) in [5.74, 6) is -1.98. The third kappa shape index (κ3) is 2.87. The van der Waals surface area contributed by atoms with Gasteiger partial charge in [-0.25, -0.2) is 8.78 Å². The fraction of sp³-hybridized carbons (Fsp3) is 0.538. The Morgan fingerprint density at radius 2 is 2.24 bits per heavy atom. The fourth-order valence-corrected chi connectivity index (χ4v) is 2.17. The number of halogens is 2. The molecular weight excluding hydrogens is 224 g/mol. The van der Waals surface area contributed by atoms with Crippen molar-refractivity contribution >= 4 is 5.69 Å². The largest absolute Gasteiger partial charge is 0.491 e. The van der Waals surface area contributed by atoms with E-state index in [1.807, 2.05) is 19.1 Å². The summed E-state index contributed by atoms with van der Waals surface area (Å²) in [6.07, 6.45) is 0.432. The molecule has 1 saturated carbocycles. The van der Waals surface area contributed by atoms with Gasteiger partial charge in [-0.2, -0.15) is 0 Å². The quantitative estimate of drug-likeness (QED) is 0.823. The van der Waals surface area contributed by atoms with Gasteiger partial charge in [0.2, 0.25) is 5.92 Å². The van der Waals surface area contributed by atoms with Gasteiger partial charge in [0.25, 0.3) is 0 Å². The van der Waals surface area contributed by atoms with E-state index < -0.39 is 5.92 Å². The first kappa shape index (κ1) is 12.1. The molecule has 1 atom stereocenters. The molecule has 0 spiro atoms. The molecule has 1 aliphatic carbocycles. The maximum Gasteiger partial charge on any atom is 0.248 e. The Hall–Kier alpha value is -1.32. The number of hydrogen-bond acceptors (Lipinski definition) is 2. The van der Waals surface area contributed by atoms with E-state index in [0.29, 0.717) is 24.5 Å². The van der Waals surface area contributed by atoms with Crippen molar-refractivity contribution in [3.63, 3.8) is 0 Å². The van der Waals surface area contributed by atoms with Gasteiger partial charge in [-0.05, 0) is 30.9 Å². The molecule has 1 unspecified atom stereocenters. The Bertz CT molecular complexity index is 406. The first-order valence-electron chi connectivity index (χ1n) is 5.84. The van der Waals surface area contributed by atoms with Crippen molar-refractivity contribution in [2.24, 2.45) is 5.92 Å². The molecule has 0 saturated heterocycles. The van der Waals surface area contributed by atoms with Crippen molar-refractivity contribution in [2.45, 2.75) is 32.1 Å². The average Bonchev–Trinajstić information content (AvgIpc) is 2.61. The Balaban J connectivity index is 1.93. The van der Waals surface area contributed by atoms with Crippen LogP contribution < -0.4 is 10.5 Å². The predicted molar refractivity (Wildman–Crippen MR) is 63.4 cm³/mol. The molecule has 1 aromatic rings. The molecular formula is C13H17F2NO. The lowest BCUT2D eigenvalue weighted by atomic mass is 10.1. The normalized spacial score (nSPS) is 22.6. The Morgan fingerprint density at radius 3 is 2.88 bits per heavy atom. The summed E-state index contributed by atoms with van der Waals surface area (Å²) in [4.78, 5) is 0. The van der Waals surface area contributed by atoms with Crippen LogP contribution in [-0.4, -0.2) is 12.5 Å². The van der Waals surface area contributed by atoms with Crippen molar-refractivity contribution in [3.05, 3.63) is 23.8 Å². The van der Waals surface area contributed by atoms with E-state index >= 15 is 0 Å². The van der Waals surface area contributed by atoms with Crippen LogP contribution in [-0.2, 0) is 0 Å². The lowest BCUT2D eigenvalue weighted by Gasteiger charge is -2.14. The Morgan fingerprint density at radius 1 is 1.47 bits per heavy atom. The number of benzene rings is 1. The molecule has 2 rings (SSSR count). The molecule has 17 heavy (non-hydrogen) atoms. The minimum Gasteiger partial charge on any atom is -0.491 e. The van der Waals surface area contributed by atoms with Crippen LogP contribution in [0.15, 0.2) is 18.2 Å². The molecule has 0 aliphatic heterocycles. The molecule has 2 N–H and O–H groups in total. The van der Waals surface area contributed by atoms with Crippen LogP contribution in [0.3, 0.4) is 0 Å². The van der Waals surface area contributed by atoms with Crippen LogP contribution in [0.5, 0.6) is 5.75 Å². The SMILES string of the molecule is Cc1cccc(OCC2CCC(F)(F)C2)c1N. The zero-order valence-corrected chi connectivity index (χ0v) is 9.88. The van der Waals surface area contributed by atoms with Crippen LogP contribution in [0.4, 0.5) is 14.5 Å². The maximum absolute atomic E-state index is 13.0. The average molecular weight is 241 g/mol. The van der Waals surface area contributed by atoms with E-state index in [4.69, 9.17) is 10.5 Å². The molecule has 0 aromatic heterocycles. The second kappa shape index (κ2) is 4.51. The summed E-state index contributed by atoms with van der Waals surface area (Å²) in [5, 5.41) is 0. The van der Waals surface area contributed by atoms with E-state index in [0.717, 1.165) is 5.56 Å². The van der Waals surface area contributed by atoms with E-state index in [-0.39, 0.29) is 18.8 Å². The van der Waals surface area contributed by atoms with Crippen LogP contribution in [0.2, 0.25) is 0 Å². The monoisotopic (exact) mass is 241 g/mol. The molecule has 1 aliphatic rings. The number of aryl methyl sites for hydroxylation is 1. The van der Waals surface area contributed by atoms with Crippen LogP contribution in [0, 0.1) is 12.8 Å². The second-order valence-electron chi connectivity index (χ2n) is 4.76.